The lowest BCUT2D eigenvalue weighted by Gasteiger charge is -2.29. The number of amides is 3. The van der Waals surface area contributed by atoms with Crippen molar-refractivity contribution in [2.24, 2.45) is 5.92 Å². The van der Waals surface area contributed by atoms with Gasteiger partial charge in [0.25, 0.3) is 5.91 Å². The first-order valence-corrected chi connectivity index (χ1v) is 10.9. The quantitative estimate of drug-likeness (QED) is 0.538. The summed E-state index contributed by atoms with van der Waals surface area (Å²) >= 11 is 0. The average molecular weight is 454 g/mol. The normalized spacial score (nSPS) is 11.4. The van der Waals surface area contributed by atoms with E-state index >= 15 is 0 Å². The molecular weight excluding hydrogens is 422 g/mol. The summed E-state index contributed by atoms with van der Waals surface area (Å²) in [6.45, 7) is 6.79. The zero-order valence-electron chi connectivity index (χ0n) is 19.5. The van der Waals surface area contributed by atoms with Gasteiger partial charge in [0.1, 0.15) is 12.6 Å². The monoisotopic (exact) mass is 453 g/mol. The summed E-state index contributed by atoms with van der Waals surface area (Å²) in [6, 6.07) is 14.8. The fraction of sp³-hybridized carbons (Fsp3) is 0.360. The van der Waals surface area contributed by atoms with E-state index in [1.165, 1.54) is 11.8 Å². The van der Waals surface area contributed by atoms with Gasteiger partial charge in [-0.1, -0.05) is 44.2 Å². The number of nitrogens with zero attached hydrogens (tertiary/aromatic N) is 1. The Bertz CT molecular complexity index is 975. The van der Waals surface area contributed by atoms with E-state index < -0.39 is 17.9 Å². The second kappa shape index (κ2) is 12.4. The van der Waals surface area contributed by atoms with E-state index in [1.54, 1.807) is 61.5 Å². The van der Waals surface area contributed by atoms with Gasteiger partial charge in [-0.25, -0.2) is 0 Å². The average Bonchev–Trinajstić information content (AvgIpc) is 2.76. The van der Waals surface area contributed by atoms with Gasteiger partial charge in [0.2, 0.25) is 11.8 Å². The number of ether oxygens (including phenoxy) is 1. The van der Waals surface area contributed by atoms with Crippen molar-refractivity contribution in [3.05, 3.63) is 65.7 Å². The van der Waals surface area contributed by atoms with Crippen LogP contribution in [0, 0.1) is 5.92 Å². The Labute approximate surface area is 194 Å². The van der Waals surface area contributed by atoms with E-state index in [-0.39, 0.29) is 37.4 Å². The van der Waals surface area contributed by atoms with Crippen LogP contribution in [0.15, 0.2) is 54.6 Å². The van der Waals surface area contributed by atoms with E-state index in [1.807, 2.05) is 13.8 Å². The maximum Gasteiger partial charge on any atom is 0.325 e. The number of nitrogens with one attached hydrogen (secondary N) is 2. The summed E-state index contributed by atoms with van der Waals surface area (Å²) < 4.78 is 5.05. The molecule has 2 rings (SSSR count). The molecule has 0 bridgehead atoms. The summed E-state index contributed by atoms with van der Waals surface area (Å²) in [5.41, 5.74) is 1.74. The zero-order chi connectivity index (χ0) is 24.4. The predicted molar refractivity (Wildman–Crippen MR) is 125 cm³/mol. The largest absolute Gasteiger partial charge is 0.465 e. The van der Waals surface area contributed by atoms with Crippen molar-refractivity contribution in [3.8, 4) is 0 Å². The minimum Gasteiger partial charge on any atom is -0.465 e. The number of esters is 1. The van der Waals surface area contributed by atoms with Crippen LogP contribution in [-0.2, 0) is 25.7 Å². The zero-order valence-corrected chi connectivity index (χ0v) is 19.5. The number of carbonyl (C=O) groups excluding carboxylic acids is 4. The molecule has 0 aliphatic carbocycles. The molecule has 0 spiro atoms. The molecule has 0 aliphatic rings. The van der Waals surface area contributed by atoms with Gasteiger partial charge in [0.05, 0.1) is 6.61 Å². The molecule has 0 fully saturated rings. The van der Waals surface area contributed by atoms with Crippen LogP contribution in [0.3, 0.4) is 0 Å². The molecule has 0 saturated heterocycles. The standard InChI is InChI=1S/C25H31N3O5/c1-5-33-22(30)16-28(15-19-10-9-13-21(14-19)26-18(4)29)25(32)23(17(2)3)27-24(31)20-11-7-6-8-12-20/h6-14,17,23H,5,15-16H2,1-4H3,(H,26,29)(H,27,31)/t23-/m0/s1. The van der Waals surface area contributed by atoms with Gasteiger partial charge in [0.15, 0.2) is 0 Å². The molecule has 2 aromatic rings. The Morgan fingerprint density at radius 3 is 2.30 bits per heavy atom. The highest BCUT2D eigenvalue weighted by molar-refractivity contribution is 5.98. The lowest BCUT2D eigenvalue weighted by molar-refractivity contribution is -0.150. The predicted octanol–water partition coefficient (Wildman–Crippen LogP) is 2.99. The van der Waals surface area contributed by atoms with E-state index in [4.69, 9.17) is 4.74 Å². The van der Waals surface area contributed by atoms with E-state index in [0.29, 0.717) is 11.3 Å². The van der Waals surface area contributed by atoms with Crippen molar-refractivity contribution >= 4 is 29.4 Å². The van der Waals surface area contributed by atoms with Crippen LogP contribution in [0.25, 0.3) is 0 Å². The van der Waals surface area contributed by atoms with Crippen LogP contribution in [0.5, 0.6) is 0 Å². The van der Waals surface area contributed by atoms with Crippen LogP contribution in [0.1, 0.15) is 43.6 Å². The minimum atomic E-state index is -0.842. The van der Waals surface area contributed by atoms with Gasteiger partial charge >= 0.3 is 5.97 Å². The van der Waals surface area contributed by atoms with Gasteiger partial charge in [-0.05, 0) is 42.7 Å². The molecule has 2 N–H and O–H groups in total. The molecule has 0 aromatic heterocycles. The third kappa shape index (κ3) is 8.07. The Balaban J connectivity index is 2.27. The number of benzene rings is 2. The summed E-state index contributed by atoms with van der Waals surface area (Å²) in [4.78, 5) is 51.2. The second-order valence-electron chi connectivity index (χ2n) is 7.94. The molecule has 0 radical (unpaired) electrons. The van der Waals surface area contributed by atoms with E-state index in [9.17, 15) is 19.2 Å². The Hall–Kier alpha value is -3.68. The number of rotatable bonds is 10. The molecule has 33 heavy (non-hydrogen) atoms. The SMILES string of the molecule is CCOC(=O)CN(Cc1cccc(NC(C)=O)c1)C(=O)[C@@H](NC(=O)c1ccccc1)C(C)C. The molecule has 8 heteroatoms. The maximum atomic E-state index is 13.5. The van der Waals surface area contributed by atoms with Gasteiger partial charge < -0.3 is 20.3 Å². The van der Waals surface area contributed by atoms with Crippen molar-refractivity contribution in [2.75, 3.05) is 18.5 Å². The van der Waals surface area contributed by atoms with Crippen LogP contribution in [-0.4, -0.2) is 47.8 Å². The minimum absolute atomic E-state index is 0.107. The summed E-state index contributed by atoms with van der Waals surface area (Å²) in [6.07, 6.45) is 0. The smallest absolute Gasteiger partial charge is 0.325 e. The molecule has 0 unspecified atom stereocenters. The van der Waals surface area contributed by atoms with Crippen molar-refractivity contribution in [3.63, 3.8) is 0 Å². The van der Waals surface area contributed by atoms with Gasteiger partial charge in [0, 0.05) is 24.7 Å². The van der Waals surface area contributed by atoms with Gasteiger partial charge in [-0.3, -0.25) is 19.2 Å². The highest BCUT2D eigenvalue weighted by Gasteiger charge is 2.30. The van der Waals surface area contributed by atoms with Crippen molar-refractivity contribution < 1.29 is 23.9 Å². The molecule has 3 amide bonds. The van der Waals surface area contributed by atoms with Crippen LogP contribution in [0.2, 0.25) is 0 Å². The van der Waals surface area contributed by atoms with Crippen molar-refractivity contribution in [1.82, 2.24) is 10.2 Å². The van der Waals surface area contributed by atoms with Gasteiger partial charge in [-0.15, -0.1) is 0 Å². The maximum absolute atomic E-state index is 13.5. The van der Waals surface area contributed by atoms with E-state index in [2.05, 4.69) is 10.6 Å². The molecule has 8 nitrogen and oxygen atoms in total. The van der Waals surface area contributed by atoms with Crippen LogP contribution in [0.4, 0.5) is 5.69 Å². The topological polar surface area (TPSA) is 105 Å². The molecule has 0 heterocycles. The Morgan fingerprint density at radius 1 is 1.00 bits per heavy atom. The second-order valence-corrected chi connectivity index (χ2v) is 7.94. The first-order chi connectivity index (χ1) is 15.7. The molecule has 0 saturated carbocycles. The lowest BCUT2D eigenvalue weighted by atomic mass is 10.0. The fourth-order valence-corrected chi connectivity index (χ4v) is 3.27. The first-order valence-electron chi connectivity index (χ1n) is 10.9. The number of carbonyl (C=O) groups is 4. The highest BCUT2D eigenvalue weighted by atomic mass is 16.5. The Kier molecular flexibility index (Phi) is 9.60. The Morgan fingerprint density at radius 2 is 1.70 bits per heavy atom. The van der Waals surface area contributed by atoms with Crippen LogP contribution < -0.4 is 10.6 Å². The number of hydrogen-bond donors (Lipinski definition) is 2. The third-order valence-corrected chi connectivity index (χ3v) is 4.81. The highest BCUT2D eigenvalue weighted by Crippen LogP contribution is 2.16. The lowest BCUT2D eigenvalue weighted by Crippen LogP contribution is -2.52. The molecular formula is C25H31N3O5. The number of anilines is 1. The molecule has 1 atom stereocenters. The summed E-state index contributed by atoms with van der Waals surface area (Å²) in [5.74, 6) is -1.74. The third-order valence-electron chi connectivity index (χ3n) is 4.81. The van der Waals surface area contributed by atoms with Crippen molar-refractivity contribution in [2.45, 2.75) is 40.3 Å². The number of hydrogen-bond acceptors (Lipinski definition) is 5. The fourth-order valence-electron chi connectivity index (χ4n) is 3.27. The van der Waals surface area contributed by atoms with Crippen molar-refractivity contribution in [1.29, 1.82) is 0 Å². The molecule has 2 aromatic carbocycles. The summed E-state index contributed by atoms with van der Waals surface area (Å²) in [5, 5.41) is 5.51. The summed E-state index contributed by atoms with van der Waals surface area (Å²) in [7, 11) is 0. The molecule has 176 valence electrons. The van der Waals surface area contributed by atoms with E-state index in [0.717, 1.165) is 5.56 Å². The van der Waals surface area contributed by atoms with Crippen LogP contribution >= 0.6 is 0 Å². The molecule has 0 aliphatic heterocycles. The first kappa shape index (κ1) is 25.6. The van der Waals surface area contributed by atoms with Gasteiger partial charge in [-0.2, -0.15) is 0 Å².